The molecule has 7 heteroatoms. The maximum Gasteiger partial charge on any atom is 0.235 e. The smallest absolute Gasteiger partial charge is 0.235 e. The summed E-state index contributed by atoms with van der Waals surface area (Å²) >= 11 is 0. The van der Waals surface area contributed by atoms with Crippen LogP contribution in [0.1, 0.15) is 32.4 Å². The Kier molecular flexibility index (Phi) is 5.43. The second kappa shape index (κ2) is 7.14. The molecule has 1 aromatic heterocycles. The summed E-state index contributed by atoms with van der Waals surface area (Å²) in [5, 5.41) is 0. The molecule has 23 heavy (non-hydrogen) atoms. The van der Waals surface area contributed by atoms with E-state index in [0.717, 1.165) is 11.3 Å². The molecule has 126 valence electrons. The molecule has 1 N–H and O–H groups in total. The molecule has 2 rings (SSSR count). The van der Waals surface area contributed by atoms with Crippen LogP contribution in [0.4, 0.5) is 5.69 Å². The van der Waals surface area contributed by atoms with E-state index in [1.165, 1.54) is 7.11 Å². The Morgan fingerprint density at radius 1 is 1.22 bits per heavy atom. The molecule has 0 aliphatic heterocycles. The number of hydrogen-bond acceptors (Lipinski definition) is 5. The van der Waals surface area contributed by atoms with Gasteiger partial charge in [0.1, 0.15) is 5.76 Å². The lowest BCUT2D eigenvalue weighted by Gasteiger charge is -2.12. The SMILES string of the molecule is CO[C@H](C)CS(=O)(=O)Nc1ccc(-c2ncc(C(C)C)o2)cc1. The van der Waals surface area contributed by atoms with Crippen LogP contribution in [0.3, 0.4) is 0 Å². The van der Waals surface area contributed by atoms with Crippen LogP contribution in [0.5, 0.6) is 0 Å². The van der Waals surface area contributed by atoms with Crippen molar-refractivity contribution in [2.24, 2.45) is 0 Å². The number of aromatic nitrogens is 1. The Hall–Kier alpha value is -1.86. The first kappa shape index (κ1) is 17.5. The van der Waals surface area contributed by atoms with Gasteiger partial charge in [0.25, 0.3) is 0 Å². The highest BCUT2D eigenvalue weighted by atomic mass is 32.2. The molecule has 0 aliphatic carbocycles. The minimum absolute atomic E-state index is 0.0945. The Morgan fingerprint density at radius 3 is 2.39 bits per heavy atom. The molecule has 0 radical (unpaired) electrons. The Labute approximate surface area is 136 Å². The van der Waals surface area contributed by atoms with E-state index in [-0.39, 0.29) is 17.8 Å². The number of anilines is 1. The van der Waals surface area contributed by atoms with E-state index < -0.39 is 10.0 Å². The van der Waals surface area contributed by atoms with Crippen molar-refractivity contribution in [2.45, 2.75) is 32.8 Å². The lowest BCUT2D eigenvalue weighted by Crippen LogP contribution is -2.25. The van der Waals surface area contributed by atoms with Crippen LogP contribution in [0, 0.1) is 0 Å². The fraction of sp³-hybridized carbons (Fsp3) is 0.438. The molecule has 1 aromatic carbocycles. The molecule has 0 unspecified atom stereocenters. The third kappa shape index (κ3) is 4.80. The zero-order valence-corrected chi connectivity index (χ0v) is 14.6. The van der Waals surface area contributed by atoms with E-state index in [2.05, 4.69) is 9.71 Å². The molecule has 6 nitrogen and oxygen atoms in total. The summed E-state index contributed by atoms with van der Waals surface area (Å²) in [5.74, 6) is 1.52. The summed E-state index contributed by atoms with van der Waals surface area (Å²) in [6.45, 7) is 5.77. The first-order chi connectivity index (χ1) is 10.8. The number of methoxy groups -OCH3 is 1. The highest BCUT2D eigenvalue weighted by Gasteiger charge is 2.16. The van der Waals surface area contributed by atoms with E-state index in [1.807, 2.05) is 13.8 Å². The van der Waals surface area contributed by atoms with Crippen LogP contribution in [0.2, 0.25) is 0 Å². The monoisotopic (exact) mass is 338 g/mol. The van der Waals surface area contributed by atoms with Gasteiger partial charge in [-0.3, -0.25) is 4.72 Å². The van der Waals surface area contributed by atoms with Gasteiger partial charge in [-0.1, -0.05) is 13.8 Å². The Morgan fingerprint density at radius 2 is 1.87 bits per heavy atom. The lowest BCUT2D eigenvalue weighted by molar-refractivity contribution is 0.136. The van der Waals surface area contributed by atoms with Crippen molar-refractivity contribution >= 4 is 15.7 Å². The molecule has 1 atom stereocenters. The van der Waals surface area contributed by atoms with Crippen LogP contribution in [-0.2, 0) is 14.8 Å². The molecule has 0 amide bonds. The van der Waals surface area contributed by atoms with Gasteiger partial charge in [-0.15, -0.1) is 0 Å². The second-order valence-corrected chi connectivity index (χ2v) is 7.50. The average Bonchev–Trinajstić information content (AvgIpc) is 2.97. The molecule has 0 fully saturated rings. The van der Waals surface area contributed by atoms with Gasteiger partial charge in [0.15, 0.2) is 0 Å². The van der Waals surface area contributed by atoms with Crippen LogP contribution < -0.4 is 4.72 Å². The molecule has 2 aromatic rings. The van der Waals surface area contributed by atoms with Gasteiger partial charge in [-0.2, -0.15) is 0 Å². The second-order valence-electron chi connectivity index (χ2n) is 5.73. The predicted octanol–water partition coefficient (Wildman–Crippen LogP) is 3.24. The number of nitrogens with zero attached hydrogens (tertiary/aromatic N) is 1. The highest BCUT2D eigenvalue weighted by Crippen LogP contribution is 2.24. The van der Waals surface area contributed by atoms with E-state index in [4.69, 9.17) is 9.15 Å². The largest absolute Gasteiger partial charge is 0.441 e. The van der Waals surface area contributed by atoms with E-state index in [0.29, 0.717) is 11.6 Å². The topological polar surface area (TPSA) is 81.4 Å². The Balaban J connectivity index is 2.10. The lowest BCUT2D eigenvalue weighted by atomic mass is 10.2. The number of ether oxygens (including phenoxy) is 1. The van der Waals surface area contributed by atoms with Crippen LogP contribution in [0.25, 0.3) is 11.5 Å². The molecule has 0 saturated carbocycles. The predicted molar refractivity (Wildman–Crippen MR) is 89.9 cm³/mol. The molecule has 0 spiro atoms. The molecule has 1 heterocycles. The molecule has 0 bridgehead atoms. The average molecular weight is 338 g/mol. The van der Waals surface area contributed by atoms with Gasteiger partial charge in [0.2, 0.25) is 15.9 Å². The summed E-state index contributed by atoms with van der Waals surface area (Å²) in [7, 11) is -1.96. The van der Waals surface area contributed by atoms with Crippen molar-refractivity contribution in [2.75, 3.05) is 17.6 Å². The van der Waals surface area contributed by atoms with Crippen LogP contribution in [0.15, 0.2) is 34.9 Å². The van der Waals surface area contributed by atoms with Gasteiger partial charge in [-0.05, 0) is 31.2 Å². The molecule has 0 saturated heterocycles. The van der Waals surface area contributed by atoms with Crippen molar-refractivity contribution in [1.82, 2.24) is 4.98 Å². The summed E-state index contributed by atoms with van der Waals surface area (Å²) < 4.78 is 37.1. The summed E-state index contributed by atoms with van der Waals surface area (Å²) in [6.07, 6.45) is 1.34. The highest BCUT2D eigenvalue weighted by molar-refractivity contribution is 7.92. The fourth-order valence-electron chi connectivity index (χ4n) is 1.97. The third-order valence-corrected chi connectivity index (χ3v) is 4.81. The van der Waals surface area contributed by atoms with Gasteiger partial charge in [-0.25, -0.2) is 13.4 Å². The molecular weight excluding hydrogens is 316 g/mol. The minimum Gasteiger partial charge on any atom is -0.441 e. The number of oxazole rings is 1. The number of sulfonamides is 1. The maximum absolute atomic E-state index is 12.0. The zero-order chi connectivity index (χ0) is 17.0. The first-order valence-electron chi connectivity index (χ1n) is 7.40. The van der Waals surface area contributed by atoms with E-state index in [1.54, 1.807) is 37.4 Å². The number of hydrogen-bond donors (Lipinski definition) is 1. The van der Waals surface area contributed by atoms with Crippen molar-refractivity contribution in [3.05, 3.63) is 36.2 Å². The third-order valence-electron chi connectivity index (χ3n) is 3.35. The number of nitrogens with one attached hydrogen (secondary N) is 1. The van der Waals surface area contributed by atoms with E-state index in [9.17, 15) is 8.42 Å². The maximum atomic E-state index is 12.0. The van der Waals surface area contributed by atoms with Crippen molar-refractivity contribution in [3.8, 4) is 11.5 Å². The number of rotatable bonds is 7. The van der Waals surface area contributed by atoms with Gasteiger partial charge in [0, 0.05) is 24.3 Å². The van der Waals surface area contributed by atoms with Gasteiger partial charge >= 0.3 is 0 Å². The van der Waals surface area contributed by atoms with Crippen molar-refractivity contribution in [3.63, 3.8) is 0 Å². The zero-order valence-electron chi connectivity index (χ0n) is 13.7. The standard InChI is InChI=1S/C16H22N2O4S/c1-11(2)15-9-17-16(22-15)13-5-7-14(8-6-13)18-23(19,20)10-12(3)21-4/h5-9,11-12,18H,10H2,1-4H3/t12-/m1/s1. The quantitative estimate of drug-likeness (QED) is 0.838. The van der Waals surface area contributed by atoms with Gasteiger partial charge < -0.3 is 9.15 Å². The van der Waals surface area contributed by atoms with E-state index >= 15 is 0 Å². The Bertz CT molecular complexity index is 736. The number of benzene rings is 1. The summed E-state index contributed by atoms with van der Waals surface area (Å²) in [6, 6.07) is 6.91. The molecule has 0 aliphatic rings. The summed E-state index contributed by atoms with van der Waals surface area (Å²) in [4.78, 5) is 4.24. The fourth-order valence-corrected chi connectivity index (χ4v) is 3.30. The first-order valence-corrected chi connectivity index (χ1v) is 9.05. The molecular formula is C16H22N2O4S. The van der Waals surface area contributed by atoms with Crippen molar-refractivity contribution < 1.29 is 17.6 Å². The summed E-state index contributed by atoms with van der Waals surface area (Å²) in [5.41, 5.74) is 1.29. The van der Waals surface area contributed by atoms with Crippen LogP contribution >= 0.6 is 0 Å². The minimum atomic E-state index is -3.44. The normalized spacial score (nSPS) is 13.3. The van der Waals surface area contributed by atoms with Crippen molar-refractivity contribution in [1.29, 1.82) is 0 Å². The van der Waals surface area contributed by atoms with Gasteiger partial charge in [0.05, 0.1) is 18.1 Å². The van der Waals surface area contributed by atoms with Crippen LogP contribution in [-0.4, -0.2) is 32.4 Å².